The number of benzene rings is 4. The van der Waals surface area contributed by atoms with Crippen LogP contribution in [-0.4, -0.2) is 13.2 Å². The van der Waals surface area contributed by atoms with E-state index < -0.39 is 0 Å². The van der Waals surface area contributed by atoms with Gasteiger partial charge >= 0.3 is 0 Å². The minimum absolute atomic E-state index is 0.778. The number of hydrogen-bond acceptors (Lipinski definition) is 2. The van der Waals surface area contributed by atoms with E-state index >= 15 is 0 Å². The molecule has 0 N–H and O–H groups in total. The molecule has 230 valence electrons. The Balaban J connectivity index is 1.38. The lowest BCUT2D eigenvalue weighted by Crippen LogP contribution is -1.99. The maximum absolute atomic E-state index is 6.15. The Bertz CT molecular complexity index is 1350. The molecule has 2 nitrogen and oxygen atoms in total. The Labute approximate surface area is 266 Å². The number of fused-ring (bicyclic) bond motifs is 3. The topological polar surface area (TPSA) is 18.5 Å². The van der Waals surface area contributed by atoms with Crippen LogP contribution in [0, 0.1) is 0 Å². The molecule has 0 amide bonds. The largest absolute Gasteiger partial charge is 0.494 e. The molecule has 1 aliphatic carbocycles. The number of unbranched alkanes of at least 4 members (excludes halogenated alkanes) is 10. The lowest BCUT2D eigenvalue weighted by Gasteiger charge is -2.16. The molecular weight excluding hydrogens is 536 g/mol. The molecule has 0 bridgehead atoms. The molecule has 2 heteroatoms. The Morgan fingerprint density at radius 1 is 0.409 bits per heavy atom. The van der Waals surface area contributed by atoms with Crippen LogP contribution in [0.1, 0.15) is 113 Å². The summed E-state index contributed by atoms with van der Waals surface area (Å²) in [6.07, 6.45) is 15.2. The first-order chi connectivity index (χ1) is 21.8. The molecule has 4 aromatic rings. The number of ether oxygens (including phenoxy) is 2. The van der Waals surface area contributed by atoms with Crippen LogP contribution in [-0.2, 0) is 0 Å². The molecule has 1 aliphatic rings. The SMILES string of the molecule is CCCCCCCCOc1ccc(C(=C2c3ccccc3-c3ccccc32)c2ccc(OCCCCCCCC)cc2)cc1. The van der Waals surface area contributed by atoms with E-state index in [1.807, 2.05) is 0 Å². The van der Waals surface area contributed by atoms with Crippen molar-refractivity contribution in [1.82, 2.24) is 0 Å². The fourth-order valence-electron chi connectivity index (χ4n) is 6.32. The van der Waals surface area contributed by atoms with E-state index in [0.717, 1.165) is 37.6 Å². The Morgan fingerprint density at radius 2 is 0.773 bits per heavy atom. The quantitative estimate of drug-likeness (QED) is 0.0951. The highest BCUT2D eigenvalue weighted by Gasteiger charge is 2.26. The zero-order chi connectivity index (χ0) is 30.4. The predicted molar refractivity (Wildman–Crippen MR) is 188 cm³/mol. The minimum atomic E-state index is 0.778. The van der Waals surface area contributed by atoms with E-state index in [1.165, 1.54) is 109 Å². The third-order valence-corrected chi connectivity index (χ3v) is 8.75. The Morgan fingerprint density at radius 3 is 1.18 bits per heavy atom. The fourth-order valence-corrected chi connectivity index (χ4v) is 6.32. The second kappa shape index (κ2) is 16.9. The third-order valence-electron chi connectivity index (χ3n) is 8.75. The summed E-state index contributed by atoms with van der Waals surface area (Å²) in [5, 5.41) is 0. The van der Waals surface area contributed by atoms with Crippen molar-refractivity contribution in [2.45, 2.75) is 90.9 Å². The summed E-state index contributed by atoms with van der Waals surface area (Å²) in [4.78, 5) is 0. The van der Waals surface area contributed by atoms with Gasteiger partial charge in [-0.3, -0.25) is 0 Å². The molecule has 0 aliphatic heterocycles. The van der Waals surface area contributed by atoms with Crippen LogP contribution in [0.25, 0.3) is 22.3 Å². The highest BCUT2D eigenvalue weighted by molar-refractivity contribution is 6.13. The summed E-state index contributed by atoms with van der Waals surface area (Å²) in [5.41, 5.74) is 10.1. The van der Waals surface area contributed by atoms with Crippen LogP contribution in [0.15, 0.2) is 97.1 Å². The molecular formula is C42H50O2. The van der Waals surface area contributed by atoms with Crippen LogP contribution in [0.3, 0.4) is 0 Å². The summed E-state index contributed by atoms with van der Waals surface area (Å²) < 4.78 is 12.3. The standard InChI is InChI=1S/C42H50O2/c1-3-5-7-9-11-17-31-43-35-27-23-33(24-28-35)41(34-25-29-36(30-26-34)44-32-18-12-10-8-6-4-2)42-39-21-15-13-19-37(39)38-20-14-16-22-40(38)42/h13-16,19-30H,3-12,17-18,31-32H2,1-2H3. The van der Waals surface area contributed by atoms with Crippen molar-refractivity contribution in [2.75, 3.05) is 13.2 Å². The highest BCUT2D eigenvalue weighted by atomic mass is 16.5. The normalized spacial score (nSPS) is 11.7. The second-order valence-corrected chi connectivity index (χ2v) is 12.1. The third kappa shape index (κ3) is 8.23. The summed E-state index contributed by atoms with van der Waals surface area (Å²) in [7, 11) is 0. The first-order valence-corrected chi connectivity index (χ1v) is 17.2. The van der Waals surface area contributed by atoms with Crippen molar-refractivity contribution in [2.24, 2.45) is 0 Å². The van der Waals surface area contributed by atoms with Gasteiger partial charge in [0.15, 0.2) is 0 Å². The van der Waals surface area contributed by atoms with Gasteiger partial charge in [-0.05, 0) is 81.6 Å². The van der Waals surface area contributed by atoms with E-state index in [0.29, 0.717) is 0 Å². The monoisotopic (exact) mass is 586 g/mol. The van der Waals surface area contributed by atoms with Gasteiger partial charge in [0.25, 0.3) is 0 Å². The zero-order valence-electron chi connectivity index (χ0n) is 27.0. The van der Waals surface area contributed by atoms with E-state index in [1.54, 1.807) is 0 Å². The minimum Gasteiger partial charge on any atom is -0.494 e. The van der Waals surface area contributed by atoms with Crippen LogP contribution in [0.2, 0.25) is 0 Å². The van der Waals surface area contributed by atoms with Gasteiger partial charge in [0.1, 0.15) is 11.5 Å². The maximum atomic E-state index is 6.15. The zero-order valence-corrected chi connectivity index (χ0v) is 27.0. The summed E-state index contributed by atoms with van der Waals surface area (Å²) in [6, 6.07) is 35.1. The Hall–Kier alpha value is -3.78. The molecule has 5 rings (SSSR count). The van der Waals surface area contributed by atoms with E-state index in [9.17, 15) is 0 Å². The molecule has 0 saturated heterocycles. The first kappa shape index (κ1) is 31.6. The molecule has 44 heavy (non-hydrogen) atoms. The predicted octanol–water partition coefficient (Wildman–Crippen LogP) is 12.2. The molecule has 0 atom stereocenters. The summed E-state index contributed by atoms with van der Waals surface area (Å²) in [6.45, 7) is 6.08. The van der Waals surface area contributed by atoms with E-state index in [-0.39, 0.29) is 0 Å². The van der Waals surface area contributed by atoms with Gasteiger partial charge in [0.2, 0.25) is 0 Å². The van der Waals surface area contributed by atoms with Crippen LogP contribution >= 0.6 is 0 Å². The van der Waals surface area contributed by atoms with Gasteiger partial charge in [0.05, 0.1) is 13.2 Å². The van der Waals surface area contributed by atoms with Crippen molar-refractivity contribution < 1.29 is 9.47 Å². The van der Waals surface area contributed by atoms with Gasteiger partial charge in [-0.1, -0.05) is 151 Å². The lowest BCUT2D eigenvalue weighted by molar-refractivity contribution is 0.304. The molecule has 0 aromatic heterocycles. The fraction of sp³-hybridized carbons (Fsp3) is 0.381. The number of rotatable bonds is 18. The molecule has 0 heterocycles. The van der Waals surface area contributed by atoms with Gasteiger partial charge in [-0.25, -0.2) is 0 Å². The van der Waals surface area contributed by atoms with Crippen molar-refractivity contribution in [1.29, 1.82) is 0 Å². The van der Waals surface area contributed by atoms with Crippen LogP contribution < -0.4 is 9.47 Å². The average molecular weight is 587 g/mol. The molecule has 0 radical (unpaired) electrons. The van der Waals surface area contributed by atoms with Crippen molar-refractivity contribution in [3.63, 3.8) is 0 Å². The highest BCUT2D eigenvalue weighted by Crippen LogP contribution is 2.49. The molecule has 4 aromatic carbocycles. The lowest BCUT2D eigenvalue weighted by atomic mass is 9.88. The van der Waals surface area contributed by atoms with Gasteiger partial charge in [-0.2, -0.15) is 0 Å². The summed E-state index contributed by atoms with van der Waals surface area (Å²) >= 11 is 0. The van der Waals surface area contributed by atoms with Crippen molar-refractivity contribution in [3.8, 4) is 22.6 Å². The van der Waals surface area contributed by atoms with Crippen LogP contribution in [0.5, 0.6) is 11.5 Å². The molecule has 0 saturated carbocycles. The van der Waals surface area contributed by atoms with Gasteiger partial charge < -0.3 is 9.47 Å². The van der Waals surface area contributed by atoms with Gasteiger partial charge in [-0.15, -0.1) is 0 Å². The number of hydrogen-bond donors (Lipinski definition) is 0. The van der Waals surface area contributed by atoms with Crippen molar-refractivity contribution in [3.05, 3.63) is 119 Å². The van der Waals surface area contributed by atoms with E-state index in [2.05, 4.69) is 111 Å². The molecule has 0 fully saturated rings. The molecule has 0 unspecified atom stereocenters. The average Bonchev–Trinajstić information content (AvgIpc) is 3.39. The van der Waals surface area contributed by atoms with Gasteiger partial charge in [0, 0.05) is 0 Å². The first-order valence-electron chi connectivity index (χ1n) is 17.2. The van der Waals surface area contributed by atoms with Crippen LogP contribution in [0.4, 0.5) is 0 Å². The molecule has 0 spiro atoms. The van der Waals surface area contributed by atoms with Crippen molar-refractivity contribution >= 4 is 11.1 Å². The smallest absolute Gasteiger partial charge is 0.119 e. The Kier molecular flexibility index (Phi) is 12.2. The second-order valence-electron chi connectivity index (χ2n) is 12.1. The summed E-state index contributed by atoms with van der Waals surface area (Å²) in [5.74, 6) is 1.88. The van der Waals surface area contributed by atoms with E-state index in [4.69, 9.17) is 9.47 Å². The maximum Gasteiger partial charge on any atom is 0.119 e.